The van der Waals surface area contributed by atoms with Crippen molar-refractivity contribution in [2.45, 2.75) is 20.3 Å². The Morgan fingerprint density at radius 1 is 1.05 bits per heavy atom. The smallest absolute Gasteiger partial charge is 0.163 e. The van der Waals surface area contributed by atoms with Gasteiger partial charge in [-0.05, 0) is 18.3 Å². The lowest BCUT2D eigenvalue weighted by Crippen LogP contribution is -2.39. The van der Waals surface area contributed by atoms with Crippen molar-refractivity contribution in [1.29, 1.82) is 0 Å². The van der Waals surface area contributed by atoms with Crippen LogP contribution in [0.15, 0.2) is 36.4 Å². The zero-order valence-electron chi connectivity index (χ0n) is 12.5. The molecule has 2 heterocycles. The number of hydrogen-bond donors (Lipinski definition) is 0. The molecule has 1 aliphatic rings. The van der Waals surface area contributed by atoms with Gasteiger partial charge in [-0.2, -0.15) is 0 Å². The molecule has 2 aromatic rings. The van der Waals surface area contributed by atoms with Gasteiger partial charge in [0.15, 0.2) is 5.82 Å². The van der Waals surface area contributed by atoms with Gasteiger partial charge in [0.2, 0.25) is 0 Å². The van der Waals surface area contributed by atoms with E-state index in [1.54, 1.807) is 0 Å². The predicted octanol–water partition coefficient (Wildman–Crippen LogP) is 4.28. The minimum atomic E-state index is 0.504. The maximum absolute atomic E-state index is 6.21. The van der Waals surface area contributed by atoms with E-state index >= 15 is 0 Å². The normalized spacial score (nSPS) is 22.3. The van der Waals surface area contributed by atoms with Crippen molar-refractivity contribution >= 4 is 17.4 Å². The topological polar surface area (TPSA) is 29.0 Å². The summed E-state index contributed by atoms with van der Waals surface area (Å²) in [4.78, 5) is 11.4. The van der Waals surface area contributed by atoms with Crippen LogP contribution in [0.5, 0.6) is 0 Å². The number of rotatable bonds is 2. The fourth-order valence-corrected chi connectivity index (χ4v) is 3.31. The lowest BCUT2D eigenvalue weighted by Gasteiger charge is -2.35. The Morgan fingerprint density at radius 2 is 1.71 bits per heavy atom. The third-order valence-electron chi connectivity index (χ3n) is 3.91. The molecule has 21 heavy (non-hydrogen) atoms. The molecular formula is C17H20ClN3. The maximum Gasteiger partial charge on any atom is 0.163 e. The number of nitrogens with zero attached hydrogens (tertiary/aromatic N) is 3. The zero-order chi connectivity index (χ0) is 14.8. The van der Waals surface area contributed by atoms with E-state index in [9.17, 15) is 0 Å². The van der Waals surface area contributed by atoms with Gasteiger partial charge in [-0.1, -0.05) is 55.8 Å². The van der Waals surface area contributed by atoms with Gasteiger partial charge in [0.1, 0.15) is 11.0 Å². The summed E-state index contributed by atoms with van der Waals surface area (Å²) >= 11 is 6.21. The van der Waals surface area contributed by atoms with E-state index < -0.39 is 0 Å². The molecule has 2 unspecified atom stereocenters. The van der Waals surface area contributed by atoms with Crippen LogP contribution in [-0.2, 0) is 0 Å². The van der Waals surface area contributed by atoms with E-state index in [1.165, 1.54) is 6.42 Å². The molecule has 0 amide bonds. The second kappa shape index (κ2) is 6.02. The molecule has 1 fully saturated rings. The first-order valence-corrected chi connectivity index (χ1v) is 7.84. The fraction of sp³-hybridized carbons (Fsp3) is 0.412. The van der Waals surface area contributed by atoms with Gasteiger partial charge in [0.25, 0.3) is 0 Å². The Kier molecular flexibility index (Phi) is 4.11. The van der Waals surface area contributed by atoms with Crippen LogP contribution in [0.4, 0.5) is 5.82 Å². The number of halogens is 1. The van der Waals surface area contributed by atoms with Crippen molar-refractivity contribution in [3.05, 3.63) is 41.6 Å². The number of benzene rings is 1. The van der Waals surface area contributed by atoms with Crippen molar-refractivity contribution in [3.8, 4) is 11.4 Å². The SMILES string of the molecule is CC1CC(C)CN(c2cc(Cl)nc(-c3ccccc3)n2)C1. The molecule has 0 aliphatic carbocycles. The highest BCUT2D eigenvalue weighted by atomic mass is 35.5. The molecule has 1 saturated heterocycles. The molecule has 1 aromatic heterocycles. The number of aromatic nitrogens is 2. The fourth-order valence-electron chi connectivity index (χ4n) is 3.13. The van der Waals surface area contributed by atoms with E-state index in [1.807, 2.05) is 36.4 Å². The first-order valence-electron chi connectivity index (χ1n) is 7.47. The van der Waals surface area contributed by atoms with Gasteiger partial charge in [0, 0.05) is 24.7 Å². The van der Waals surface area contributed by atoms with E-state index in [-0.39, 0.29) is 0 Å². The quantitative estimate of drug-likeness (QED) is 0.775. The maximum atomic E-state index is 6.21. The summed E-state index contributed by atoms with van der Waals surface area (Å²) in [5.41, 5.74) is 0.999. The Labute approximate surface area is 131 Å². The summed E-state index contributed by atoms with van der Waals surface area (Å²) in [5, 5.41) is 0.504. The minimum absolute atomic E-state index is 0.504. The molecule has 1 aromatic carbocycles. The molecule has 0 spiro atoms. The van der Waals surface area contributed by atoms with Crippen molar-refractivity contribution < 1.29 is 0 Å². The van der Waals surface area contributed by atoms with Crippen LogP contribution in [0.1, 0.15) is 20.3 Å². The number of anilines is 1. The highest BCUT2D eigenvalue weighted by Gasteiger charge is 2.23. The Morgan fingerprint density at radius 3 is 2.38 bits per heavy atom. The molecule has 2 atom stereocenters. The lowest BCUT2D eigenvalue weighted by molar-refractivity contribution is 0.355. The van der Waals surface area contributed by atoms with Crippen LogP contribution < -0.4 is 4.90 Å². The average molecular weight is 302 g/mol. The number of piperidine rings is 1. The second-order valence-corrected chi connectivity index (χ2v) is 6.48. The molecule has 110 valence electrons. The van der Waals surface area contributed by atoms with E-state index in [0.29, 0.717) is 22.8 Å². The molecule has 0 radical (unpaired) electrons. The van der Waals surface area contributed by atoms with Gasteiger partial charge in [-0.15, -0.1) is 0 Å². The molecule has 0 saturated carbocycles. The van der Waals surface area contributed by atoms with Crippen molar-refractivity contribution in [1.82, 2.24) is 9.97 Å². The largest absolute Gasteiger partial charge is 0.356 e. The van der Waals surface area contributed by atoms with Gasteiger partial charge >= 0.3 is 0 Å². The highest BCUT2D eigenvalue weighted by molar-refractivity contribution is 6.29. The molecule has 0 N–H and O–H groups in total. The third kappa shape index (κ3) is 3.35. The summed E-state index contributed by atoms with van der Waals surface area (Å²) in [5.74, 6) is 3.00. The van der Waals surface area contributed by atoms with Crippen LogP contribution in [0.2, 0.25) is 5.15 Å². The summed E-state index contributed by atoms with van der Waals surface area (Å²) in [6, 6.07) is 11.9. The Balaban J connectivity index is 1.94. The molecule has 3 nitrogen and oxygen atoms in total. The molecular weight excluding hydrogens is 282 g/mol. The second-order valence-electron chi connectivity index (χ2n) is 6.09. The minimum Gasteiger partial charge on any atom is -0.356 e. The molecule has 0 bridgehead atoms. The monoisotopic (exact) mass is 301 g/mol. The molecule has 4 heteroatoms. The first-order chi connectivity index (χ1) is 10.1. The summed E-state index contributed by atoms with van der Waals surface area (Å²) in [6.45, 7) is 6.66. The van der Waals surface area contributed by atoms with E-state index in [2.05, 4.69) is 23.7 Å². The molecule has 1 aliphatic heterocycles. The van der Waals surface area contributed by atoms with Crippen LogP contribution in [0.3, 0.4) is 0 Å². The average Bonchev–Trinajstić information content (AvgIpc) is 2.46. The van der Waals surface area contributed by atoms with Crippen molar-refractivity contribution in [3.63, 3.8) is 0 Å². The predicted molar refractivity (Wildman–Crippen MR) is 87.6 cm³/mol. The van der Waals surface area contributed by atoms with Gasteiger partial charge in [0.05, 0.1) is 0 Å². The summed E-state index contributed by atoms with van der Waals surface area (Å²) in [6.07, 6.45) is 1.28. The van der Waals surface area contributed by atoms with Gasteiger partial charge in [-0.25, -0.2) is 9.97 Å². The number of hydrogen-bond acceptors (Lipinski definition) is 3. The Hall–Kier alpha value is -1.61. The zero-order valence-corrected chi connectivity index (χ0v) is 13.2. The van der Waals surface area contributed by atoms with Crippen LogP contribution in [0.25, 0.3) is 11.4 Å². The molecule has 3 rings (SSSR count). The Bertz CT molecular complexity index is 605. The van der Waals surface area contributed by atoms with Gasteiger partial charge < -0.3 is 4.90 Å². The van der Waals surface area contributed by atoms with Crippen LogP contribution in [0, 0.1) is 11.8 Å². The standard InChI is InChI=1S/C17H20ClN3/c1-12-8-13(2)11-21(10-12)16-9-15(18)19-17(20-16)14-6-4-3-5-7-14/h3-7,9,12-13H,8,10-11H2,1-2H3. The van der Waals surface area contributed by atoms with Gasteiger partial charge in [-0.3, -0.25) is 0 Å². The van der Waals surface area contributed by atoms with Crippen molar-refractivity contribution in [2.75, 3.05) is 18.0 Å². The summed E-state index contributed by atoms with van der Waals surface area (Å²) in [7, 11) is 0. The van der Waals surface area contributed by atoms with Crippen LogP contribution >= 0.6 is 11.6 Å². The lowest BCUT2D eigenvalue weighted by atomic mass is 9.92. The van der Waals surface area contributed by atoms with Crippen molar-refractivity contribution in [2.24, 2.45) is 11.8 Å². The van der Waals surface area contributed by atoms with E-state index in [0.717, 1.165) is 24.5 Å². The van der Waals surface area contributed by atoms with E-state index in [4.69, 9.17) is 16.6 Å². The first kappa shape index (κ1) is 14.3. The third-order valence-corrected chi connectivity index (χ3v) is 4.10. The van der Waals surface area contributed by atoms with Crippen LogP contribution in [-0.4, -0.2) is 23.1 Å². The summed E-state index contributed by atoms with van der Waals surface area (Å²) < 4.78 is 0. The highest BCUT2D eigenvalue weighted by Crippen LogP contribution is 2.28.